The maximum absolute atomic E-state index is 11.3. The van der Waals surface area contributed by atoms with E-state index in [4.69, 9.17) is 4.65 Å². The summed E-state index contributed by atoms with van der Waals surface area (Å²) in [6, 6.07) is 5.14. The lowest BCUT2D eigenvalue weighted by atomic mass is 9.73. The van der Waals surface area contributed by atoms with E-state index in [0.717, 1.165) is 12.0 Å². The van der Waals surface area contributed by atoms with Gasteiger partial charge in [-0.2, -0.15) is 0 Å². The van der Waals surface area contributed by atoms with E-state index in [0.29, 0.717) is 17.6 Å². The normalized spacial score (nSPS) is 14.7. The second-order valence-corrected chi connectivity index (χ2v) is 3.38. The molecule has 4 nitrogen and oxygen atoms in total. The molecule has 2 rings (SSSR count). The summed E-state index contributed by atoms with van der Waals surface area (Å²) in [6.07, 6.45) is 0.758. The van der Waals surface area contributed by atoms with Crippen LogP contribution in [0.5, 0.6) is 0 Å². The second kappa shape index (κ2) is 4.04. The van der Waals surface area contributed by atoms with E-state index in [1.807, 2.05) is 6.07 Å². The van der Waals surface area contributed by atoms with Gasteiger partial charge in [-0.05, 0) is 29.6 Å². The van der Waals surface area contributed by atoms with Crippen molar-refractivity contribution in [3.63, 3.8) is 0 Å². The molecule has 0 radical (unpaired) electrons. The molecule has 1 aliphatic heterocycles. The molecule has 1 heterocycles. The van der Waals surface area contributed by atoms with Crippen LogP contribution in [0, 0.1) is 0 Å². The first kappa shape index (κ1) is 10.2. The molecule has 0 amide bonds. The fraction of sp³-hybridized carbons (Fsp3) is 0.300. The van der Waals surface area contributed by atoms with Crippen molar-refractivity contribution >= 4 is 18.6 Å². The minimum absolute atomic E-state index is 0.407. The Bertz CT molecular complexity index is 391. The standard InChI is InChI=1S/C10H11BO4/c1-14-10(12)8-3-2-7-4-5-15-11(13)9(7)6-8/h2-3,6,13H,4-5H2,1H3. The molecule has 0 saturated carbocycles. The summed E-state index contributed by atoms with van der Waals surface area (Å²) in [5.41, 5.74) is 2.10. The summed E-state index contributed by atoms with van der Waals surface area (Å²) >= 11 is 0. The Balaban J connectivity index is 2.39. The molecule has 5 heteroatoms. The molecule has 0 atom stereocenters. The lowest BCUT2D eigenvalue weighted by Crippen LogP contribution is -2.41. The molecular formula is C10H11BO4. The third-order valence-corrected chi connectivity index (χ3v) is 2.48. The van der Waals surface area contributed by atoms with E-state index in [1.54, 1.807) is 12.1 Å². The minimum Gasteiger partial charge on any atom is -0.465 e. The van der Waals surface area contributed by atoms with Gasteiger partial charge >= 0.3 is 13.1 Å². The smallest absolute Gasteiger partial charge is 0.465 e. The van der Waals surface area contributed by atoms with Crippen LogP contribution in [0.15, 0.2) is 18.2 Å². The number of benzene rings is 1. The highest BCUT2D eigenvalue weighted by molar-refractivity contribution is 6.61. The molecule has 0 fully saturated rings. The Kier molecular flexibility index (Phi) is 2.75. The predicted molar refractivity (Wildman–Crippen MR) is 55.0 cm³/mol. The Morgan fingerprint density at radius 3 is 3.13 bits per heavy atom. The van der Waals surface area contributed by atoms with Gasteiger partial charge in [0, 0.05) is 6.61 Å². The minimum atomic E-state index is -0.932. The third kappa shape index (κ3) is 1.89. The van der Waals surface area contributed by atoms with Gasteiger partial charge in [0.25, 0.3) is 0 Å². The maximum atomic E-state index is 11.3. The number of carbonyl (C=O) groups is 1. The van der Waals surface area contributed by atoms with Crippen molar-refractivity contribution in [2.75, 3.05) is 13.7 Å². The number of ether oxygens (including phenoxy) is 1. The van der Waals surface area contributed by atoms with Crippen molar-refractivity contribution in [1.82, 2.24) is 0 Å². The molecule has 1 aliphatic rings. The number of fused-ring (bicyclic) bond motifs is 1. The Morgan fingerprint density at radius 2 is 2.40 bits per heavy atom. The van der Waals surface area contributed by atoms with Crippen LogP contribution in [0.1, 0.15) is 15.9 Å². The number of carbonyl (C=O) groups excluding carboxylic acids is 1. The average Bonchev–Trinajstić information content (AvgIpc) is 2.28. The molecule has 0 spiro atoms. The first-order chi connectivity index (χ1) is 7.22. The molecule has 15 heavy (non-hydrogen) atoms. The molecule has 1 N–H and O–H groups in total. The molecule has 0 unspecified atom stereocenters. The lowest BCUT2D eigenvalue weighted by Gasteiger charge is -2.19. The van der Waals surface area contributed by atoms with Crippen molar-refractivity contribution in [3.05, 3.63) is 29.3 Å². The van der Waals surface area contributed by atoms with Gasteiger partial charge in [-0.1, -0.05) is 6.07 Å². The van der Waals surface area contributed by atoms with Gasteiger partial charge in [-0.15, -0.1) is 0 Å². The van der Waals surface area contributed by atoms with Gasteiger partial charge in [0.15, 0.2) is 0 Å². The Hall–Kier alpha value is -1.33. The van der Waals surface area contributed by atoms with E-state index in [-0.39, 0.29) is 0 Å². The van der Waals surface area contributed by atoms with Crippen LogP contribution in [0.3, 0.4) is 0 Å². The van der Waals surface area contributed by atoms with E-state index >= 15 is 0 Å². The number of rotatable bonds is 1. The largest absolute Gasteiger partial charge is 0.491 e. The SMILES string of the molecule is COC(=O)c1ccc2c(c1)B(O)OCC2. The molecule has 1 aromatic rings. The summed E-state index contributed by atoms with van der Waals surface area (Å²) in [4.78, 5) is 11.3. The van der Waals surface area contributed by atoms with Crippen molar-refractivity contribution in [3.8, 4) is 0 Å². The second-order valence-electron chi connectivity index (χ2n) is 3.38. The topological polar surface area (TPSA) is 55.8 Å². The molecule has 0 bridgehead atoms. The third-order valence-electron chi connectivity index (χ3n) is 2.48. The monoisotopic (exact) mass is 206 g/mol. The van der Waals surface area contributed by atoms with Gasteiger partial charge in [0.2, 0.25) is 0 Å². The highest BCUT2D eigenvalue weighted by Crippen LogP contribution is 2.09. The summed E-state index contributed by atoms with van der Waals surface area (Å²) in [5, 5.41) is 9.57. The van der Waals surface area contributed by atoms with E-state index < -0.39 is 13.1 Å². The molecule has 0 saturated heterocycles. The van der Waals surface area contributed by atoms with Crippen LogP contribution in [0.2, 0.25) is 0 Å². The molecule has 1 aromatic carbocycles. The van der Waals surface area contributed by atoms with Gasteiger partial charge in [-0.3, -0.25) is 0 Å². The number of hydrogen-bond donors (Lipinski definition) is 1. The maximum Gasteiger partial charge on any atom is 0.491 e. The van der Waals surface area contributed by atoms with Crippen molar-refractivity contribution in [1.29, 1.82) is 0 Å². The molecule has 0 aromatic heterocycles. The quantitative estimate of drug-likeness (QED) is 0.507. The zero-order chi connectivity index (χ0) is 10.8. The van der Waals surface area contributed by atoms with Gasteiger partial charge in [0.05, 0.1) is 12.7 Å². The van der Waals surface area contributed by atoms with E-state index in [2.05, 4.69) is 4.74 Å². The lowest BCUT2D eigenvalue weighted by molar-refractivity contribution is 0.0601. The Morgan fingerprint density at radius 1 is 1.60 bits per heavy atom. The molecular weight excluding hydrogens is 195 g/mol. The summed E-state index contributed by atoms with van der Waals surface area (Å²) in [5.74, 6) is -0.407. The van der Waals surface area contributed by atoms with Crippen LogP contribution < -0.4 is 5.46 Å². The highest BCUT2D eigenvalue weighted by atomic mass is 16.5. The number of methoxy groups -OCH3 is 1. The van der Waals surface area contributed by atoms with Gasteiger partial charge in [-0.25, -0.2) is 4.79 Å². The van der Waals surface area contributed by atoms with Crippen LogP contribution in [-0.2, 0) is 15.8 Å². The first-order valence-corrected chi connectivity index (χ1v) is 4.73. The van der Waals surface area contributed by atoms with Crippen LogP contribution in [0.25, 0.3) is 0 Å². The molecule has 0 aliphatic carbocycles. The van der Waals surface area contributed by atoms with Crippen molar-refractivity contribution < 1.29 is 19.2 Å². The van der Waals surface area contributed by atoms with Crippen molar-refractivity contribution in [2.24, 2.45) is 0 Å². The fourth-order valence-corrected chi connectivity index (χ4v) is 1.67. The fourth-order valence-electron chi connectivity index (χ4n) is 1.67. The zero-order valence-electron chi connectivity index (χ0n) is 8.40. The number of hydrogen-bond acceptors (Lipinski definition) is 4. The number of esters is 1. The van der Waals surface area contributed by atoms with E-state index in [9.17, 15) is 9.82 Å². The van der Waals surface area contributed by atoms with E-state index in [1.165, 1.54) is 7.11 Å². The van der Waals surface area contributed by atoms with Crippen LogP contribution in [-0.4, -0.2) is 31.8 Å². The van der Waals surface area contributed by atoms with Crippen molar-refractivity contribution in [2.45, 2.75) is 6.42 Å². The van der Waals surface area contributed by atoms with Gasteiger partial charge in [0.1, 0.15) is 0 Å². The first-order valence-electron chi connectivity index (χ1n) is 4.73. The highest BCUT2D eigenvalue weighted by Gasteiger charge is 2.25. The summed E-state index contributed by atoms with van der Waals surface area (Å²) < 4.78 is 9.68. The predicted octanol–water partition coefficient (Wildman–Crippen LogP) is -0.267. The van der Waals surface area contributed by atoms with Crippen LogP contribution in [0.4, 0.5) is 0 Å². The summed E-state index contributed by atoms with van der Waals surface area (Å²) in [6.45, 7) is 0.506. The van der Waals surface area contributed by atoms with Crippen LogP contribution >= 0.6 is 0 Å². The van der Waals surface area contributed by atoms with Gasteiger partial charge < -0.3 is 14.4 Å². The Labute approximate surface area is 88.0 Å². The summed E-state index contributed by atoms with van der Waals surface area (Å²) in [7, 11) is 0.396. The zero-order valence-corrected chi connectivity index (χ0v) is 8.40. The molecule has 78 valence electrons. The average molecular weight is 206 g/mol.